The van der Waals surface area contributed by atoms with E-state index in [-0.39, 0.29) is 5.91 Å². The van der Waals surface area contributed by atoms with Crippen LogP contribution in [0.1, 0.15) is 38.9 Å². The number of nitrogens with one attached hydrogen (secondary N) is 2. The number of halogens is 1. The van der Waals surface area contributed by atoms with Gasteiger partial charge in [-0.25, -0.2) is 4.68 Å². The van der Waals surface area contributed by atoms with E-state index in [1.165, 1.54) is 6.20 Å². The van der Waals surface area contributed by atoms with Gasteiger partial charge in [0.05, 0.1) is 23.1 Å². The maximum Gasteiger partial charge on any atom is 0.273 e. The van der Waals surface area contributed by atoms with E-state index in [4.69, 9.17) is 11.6 Å². The first-order valence-electron chi connectivity index (χ1n) is 8.49. The average molecular weight is 383 g/mol. The van der Waals surface area contributed by atoms with Crippen molar-refractivity contribution in [1.82, 2.24) is 20.6 Å². The van der Waals surface area contributed by atoms with Crippen molar-refractivity contribution in [1.29, 1.82) is 0 Å². The van der Waals surface area contributed by atoms with Gasteiger partial charge in [-0.05, 0) is 49.2 Å². The van der Waals surface area contributed by atoms with Crippen LogP contribution in [0.5, 0.6) is 0 Å². The first-order chi connectivity index (χ1) is 13.0. The van der Waals surface area contributed by atoms with Gasteiger partial charge in [0.15, 0.2) is 0 Å². The quantitative estimate of drug-likeness (QED) is 0.678. The number of carbonyl (C=O) groups excluding carboxylic acids is 2. The Morgan fingerprint density at radius 1 is 1.07 bits per heavy atom. The Hall–Kier alpha value is -3.12. The maximum atomic E-state index is 12.4. The number of hydrogen-bond donors (Lipinski definition) is 2. The molecule has 0 saturated carbocycles. The molecule has 0 aliphatic carbocycles. The summed E-state index contributed by atoms with van der Waals surface area (Å²) < 4.78 is 1.62. The molecule has 0 bridgehead atoms. The third-order valence-corrected chi connectivity index (χ3v) is 4.46. The van der Waals surface area contributed by atoms with Crippen molar-refractivity contribution in [2.75, 3.05) is 0 Å². The zero-order chi connectivity index (χ0) is 19.4. The molecule has 6 nitrogen and oxygen atoms in total. The number of hydrogen-bond acceptors (Lipinski definition) is 3. The molecule has 1 heterocycles. The molecule has 3 aromatic rings. The van der Waals surface area contributed by atoms with Crippen molar-refractivity contribution in [3.8, 4) is 5.69 Å². The third-order valence-electron chi connectivity index (χ3n) is 4.22. The van der Waals surface area contributed by atoms with Gasteiger partial charge in [0.1, 0.15) is 0 Å². The van der Waals surface area contributed by atoms with Gasteiger partial charge in [-0.2, -0.15) is 5.10 Å². The monoisotopic (exact) mass is 382 g/mol. The summed E-state index contributed by atoms with van der Waals surface area (Å²) in [7, 11) is 0. The van der Waals surface area contributed by atoms with Gasteiger partial charge in [-0.15, -0.1) is 0 Å². The summed E-state index contributed by atoms with van der Waals surface area (Å²) in [6.45, 7) is 3.81. The number of aryl methyl sites for hydroxylation is 1. The van der Waals surface area contributed by atoms with Crippen LogP contribution in [-0.2, 0) is 6.42 Å². The smallest absolute Gasteiger partial charge is 0.267 e. The van der Waals surface area contributed by atoms with Gasteiger partial charge in [0.2, 0.25) is 0 Å². The molecule has 0 unspecified atom stereocenters. The highest BCUT2D eigenvalue weighted by Crippen LogP contribution is 2.17. The fourth-order valence-electron chi connectivity index (χ4n) is 2.65. The molecule has 0 atom stereocenters. The molecule has 0 radical (unpaired) electrons. The minimum atomic E-state index is -0.445. The highest BCUT2D eigenvalue weighted by molar-refractivity contribution is 6.30. The van der Waals surface area contributed by atoms with Crippen LogP contribution in [0.4, 0.5) is 0 Å². The van der Waals surface area contributed by atoms with E-state index in [0.717, 1.165) is 17.7 Å². The molecule has 27 heavy (non-hydrogen) atoms. The number of hydrazine groups is 1. The largest absolute Gasteiger partial charge is 0.273 e. The second kappa shape index (κ2) is 8.05. The molecule has 1 aromatic heterocycles. The Bertz CT molecular complexity index is 980. The van der Waals surface area contributed by atoms with Crippen LogP contribution in [0.2, 0.25) is 5.02 Å². The number of carbonyl (C=O) groups is 2. The van der Waals surface area contributed by atoms with Crippen LogP contribution in [0.15, 0.2) is 54.7 Å². The lowest BCUT2D eigenvalue weighted by Gasteiger charge is -2.08. The summed E-state index contributed by atoms with van der Waals surface area (Å²) in [5.41, 5.74) is 8.20. The summed E-state index contributed by atoms with van der Waals surface area (Å²) >= 11 is 6.01. The van der Waals surface area contributed by atoms with Crippen molar-refractivity contribution < 1.29 is 9.59 Å². The van der Waals surface area contributed by atoms with Gasteiger partial charge in [0, 0.05) is 10.6 Å². The number of benzene rings is 2. The minimum Gasteiger partial charge on any atom is -0.267 e. The summed E-state index contributed by atoms with van der Waals surface area (Å²) in [6, 6.07) is 14.4. The Morgan fingerprint density at radius 3 is 2.44 bits per heavy atom. The van der Waals surface area contributed by atoms with Gasteiger partial charge >= 0.3 is 0 Å². The summed E-state index contributed by atoms with van der Waals surface area (Å²) in [5, 5.41) is 4.82. The van der Waals surface area contributed by atoms with Crippen LogP contribution in [0, 0.1) is 6.92 Å². The second-order valence-corrected chi connectivity index (χ2v) is 6.43. The summed E-state index contributed by atoms with van der Waals surface area (Å²) in [5.74, 6) is -0.829. The molecule has 0 saturated heterocycles. The number of rotatable bonds is 4. The van der Waals surface area contributed by atoms with E-state index in [1.54, 1.807) is 35.9 Å². The zero-order valence-electron chi connectivity index (χ0n) is 15.0. The normalized spacial score (nSPS) is 10.5. The molecule has 7 heteroatoms. The molecular formula is C20H19ClN4O2. The summed E-state index contributed by atoms with van der Waals surface area (Å²) in [6.07, 6.45) is 2.35. The molecule has 2 aromatic carbocycles. The van der Waals surface area contributed by atoms with Crippen LogP contribution < -0.4 is 10.9 Å². The van der Waals surface area contributed by atoms with Gasteiger partial charge < -0.3 is 0 Å². The van der Waals surface area contributed by atoms with Crippen LogP contribution in [0.3, 0.4) is 0 Å². The average Bonchev–Trinajstić information content (AvgIpc) is 3.07. The van der Waals surface area contributed by atoms with E-state index in [1.807, 2.05) is 31.2 Å². The molecule has 3 rings (SSSR count). The van der Waals surface area contributed by atoms with Crippen molar-refractivity contribution in [2.45, 2.75) is 20.3 Å². The lowest BCUT2D eigenvalue weighted by atomic mass is 10.1. The van der Waals surface area contributed by atoms with Gasteiger partial charge in [-0.3, -0.25) is 20.4 Å². The van der Waals surface area contributed by atoms with Crippen molar-refractivity contribution in [3.63, 3.8) is 0 Å². The highest BCUT2D eigenvalue weighted by atomic mass is 35.5. The number of nitrogens with zero attached hydrogens (tertiary/aromatic N) is 2. The predicted molar refractivity (Wildman–Crippen MR) is 104 cm³/mol. The standard InChI is InChI=1S/C20H19ClN4O2/c1-3-14-7-9-15(10-8-14)19(26)23-24-20(27)18-12-22-25(13(18)2)17-6-4-5-16(21)11-17/h4-12H,3H2,1-2H3,(H,23,26)(H,24,27). The van der Waals surface area contributed by atoms with E-state index < -0.39 is 5.91 Å². The molecule has 0 spiro atoms. The van der Waals surface area contributed by atoms with Gasteiger partial charge in [0.25, 0.3) is 11.8 Å². The first kappa shape index (κ1) is 18.7. The Labute approximate surface area is 162 Å². The molecule has 138 valence electrons. The van der Waals surface area contributed by atoms with Crippen molar-refractivity contribution in [3.05, 3.63) is 82.1 Å². The fourth-order valence-corrected chi connectivity index (χ4v) is 2.83. The Morgan fingerprint density at radius 2 is 1.78 bits per heavy atom. The molecule has 2 N–H and O–H groups in total. The van der Waals surface area contributed by atoms with E-state index in [2.05, 4.69) is 16.0 Å². The van der Waals surface area contributed by atoms with Gasteiger partial charge in [-0.1, -0.05) is 36.7 Å². The minimum absolute atomic E-state index is 0.358. The van der Waals surface area contributed by atoms with E-state index >= 15 is 0 Å². The third kappa shape index (κ3) is 4.17. The van der Waals surface area contributed by atoms with Crippen LogP contribution in [0.25, 0.3) is 5.69 Å². The molecule has 0 aliphatic rings. The molecular weight excluding hydrogens is 364 g/mol. The second-order valence-electron chi connectivity index (χ2n) is 5.99. The molecule has 2 amide bonds. The SMILES string of the molecule is CCc1ccc(C(=O)NNC(=O)c2cnn(-c3cccc(Cl)c3)c2C)cc1. The fraction of sp³-hybridized carbons (Fsp3) is 0.150. The van der Waals surface area contributed by atoms with E-state index in [9.17, 15) is 9.59 Å². The van der Waals surface area contributed by atoms with E-state index in [0.29, 0.717) is 21.8 Å². The summed E-state index contributed by atoms with van der Waals surface area (Å²) in [4.78, 5) is 24.6. The van der Waals surface area contributed by atoms with Crippen molar-refractivity contribution in [2.24, 2.45) is 0 Å². The topological polar surface area (TPSA) is 76.0 Å². The van der Waals surface area contributed by atoms with Crippen LogP contribution >= 0.6 is 11.6 Å². The first-order valence-corrected chi connectivity index (χ1v) is 8.87. The highest BCUT2D eigenvalue weighted by Gasteiger charge is 2.16. The lowest BCUT2D eigenvalue weighted by Crippen LogP contribution is -2.41. The lowest BCUT2D eigenvalue weighted by molar-refractivity contribution is 0.0846. The number of amides is 2. The Kier molecular flexibility index (Phi) is 5.57. The zero-order valence-corrected chi connectivity index (χ0v) is 15.7. The molecule has 0 aliphatic heterocycles. The Balaban J connectivity index is 1.68. The van der Waals surface area contributed by atoms with Crippen LogP contribution in [-0.4, -0.2) is 21.6 Å². The maximum absolute atomic E-state index is 12.4. The predicted octanol–water partition coefficient (Wildman–Crippen LogP) is 3.47. The van der Waals surface area contributed by atoms with Crippen molar-refractivity contribution >= 4 is 23.4 Å². The number of aromatic nitrogens is 2. The molecule has 0 fully saturated rings.